The molecule has 0 spiro atoms. The summed E-state index contributed by atoms with van der Waals surface area (Å²) in [6.45, 7) is 1.83. The SMILES string of the molecule is CC(Nc1ccc(F)cc1[N+](=O)[O-])c1ccc(C#N)cc1. The van der Waals surface area contributed by atoms with Gasteiger partial charge in [-0.15, -0.1) is 0 Å². The van der Waals surface area contributed by atoms with E-state index in [4.69, 9.17) is 5.26 Å². The van der Waals surface area contributed by atoms with E-state index in [1.165, 1.54) is 12.1 Å². The fraction of sp³-hybridized carbons (Fsp3) is 0.133. The quantitative estimate of drug-likeness (QED) is 0.685. The standard InChI is InChI=1S/C15H12FN3O2/c1-10(12-4-2-11(9-17)3-5-12)18-14-7-6-13(16)8-15(14)19(20)21/h2-8,10,18H,1H3. The summed E-state index contributed by atoms with van der Waals surface area (Å²) in [4.78, 5) is 10.3. The fourth-order valence-electron chi connectivity index (χ4n) is 1.94. The van der Waals surface area contributed by atoms with Gasteiger partial charge in [0, 0.05) is 6.04 Å². The number of nitrogens with one attached hydrogen (secondary N) is 1. The van der Waals surface area contributed by atoms with Gasteiger partial charge in [0.25, 0.3) is 5.69 Å². The second kappa shape index (κ2) is 6.01. The van der Waals surface area contributed by atoms with Crippen LogP contribution < -0.4 is 5.32 Å². The van der Waals surface area contributed by atoms with Crippen molar-refractivity contribution in [1.29, 1.82) is 5.26 Å². The Morgan fingerprint density at radius 3 is 2.52 bits per heavy atom. The first-order chi connectivity index (χ1) is 10.0. The van der Waals surface area contributed by atoms with Gasteiger partial charge in [0.15, 0.2) is 0 Å². The molecular weight excluding hydrogens is 273 g/mol. The van der Waals surface area contributed by atoms with Crippen LogP contribution in [0.15, 0.2) is 42.5 Å². The van der Waals surface area contributed by atoms with Crippen molar-refractivity contribution in [1.82, 2.24) is 0 Å². The van der Waals surface area contributed by atoms with E-state index in [0.717, 1.165) is 11.6 Å². The molecule has 2 rings (SSSR count). The van der Waals surface area contributed by atoms with E-state index in [-0.39, 0.29) is 17.4 Å². The highest BCUT2D eigenvalue weighted by molar-refractivity contribution is 5.62. The normalized spacial score (nSPS) is 11.5. The molecule has 0 aromatic heterocycles. The third kappa shape index (κ3) is 3.34. The summed E-state index contributed by atoms with van der Waals surface area (Å²) in [5.41, 5.74) is 1.35. The lowest BCUT2D eigenvalue weighted by Gasteiger charge is -2.15. The zero-order valence-electron chi connectivity index (χ0n) is 11.2. The molecule has 0 fully saturated rings. The Hall–Kier alpha value is -2.94. The van der Waals surface area contributed by atoms with E-state index >= 15 is 0 Å². The molecule has 0 saturated carbocycles. The zero-order valence-corrected chi connectivity index (χ0v) is 11.2. The monoisotopic (exact) mass is 285 g/mol. The van der Waals surface area contributed by atoms with E-state index in [1.807, 2.05) is 13.0 Å². The predicted molar refractivity (Wildman–Crippen MR) is 76.2 cm³/mol. The maximum absolute atomic E-state index is 13.1. The molecule has 5 nitrogen and oxygen atoms in total. The summed E-state index contributed by atoms with van der Waals surface area (Å²) in [5.74, 6) is -0.654. The molecule has 0 heterocycles. The molecule has 2 aromatic carbocycles. The lowest BCUT2D eigenvalue weighted by molar-refractivity contribution is -0.384. The third-order valence-corrected chi connectivity index (χ3v) is 3.07. The Morgan fingerprint density at radius 1 is 1.29 bits per heavy atom. The highest BCUT2D eigenvalue weighted by Gasteiger charge is 2.17. The van der Waals surface area contributed by atoms with E-state index in [2.05, 4.69) is 5.32 Å². The molecule has 0 aliphatic rings. The van der Waals surface area contributed by atoms with Crippen LogP contribution in [0.1, 0.15) is 24.1 Å². The van der Waals surface area contributed by atoms with Crippen molar-refractivity contribution in [3.8, 4) is 6.07 Å². The van der Waals surface area contributed by atoms with Crippen LogP contribution in [0.5, 0.6) is 0 Å². The first-order valence-corrected chi connectivity index (χ1v) is 6.22. The molecule has 0 saturated heterocycles. The van der Waals surface area contributed by atoms with Crippen LogP contribution in [0.25, 0.3) is 0 Å². The molecule has 6 heteroatoms. The van der Waals surface area contributed by atoms with Gasteiger partial charge in [-0.1, -0.05) is 12.1 Å². The molecule has 1 atom stereocenters. The molecular formula is C15H12FN3O2. The number of nitro groups is 1. The molecule has 106 valence electrons. The summed E-state index contributed by atoms with van der Waals surface area (Å²) in [7, 11) is 0. The maximum atomic E-state index is 13.1. The maximum Gasteiger partial charge on any atom is 0.295 e. The van der Waals surface area contributed by atoms with Gasteiger partial charge in [0.05, 0.1) is 22.6 Å². The van der Waals surface area contributed by atoms with Crippen molar-refractivity contribution in [3.05, 3.63) is 69.5 Å². The molecule has 0 aliphatic heterocycles. The van der Waals surface area contributed by atoms with Crippen molar-refractivity contribution in [2.45, 2.75) is 13.0 Å². The van der Waals surface area contributed by atoms with Crippen molar-refractivity contribution < 1.29 is 9.31 Å². The first-order valence-electron chi connectivity index (χ1n) is 6.22. The molecule has 2 aromatic rings. The topological polar surface area (TPSA) is 79.0 Å². The lowest BCUT2D eigenvalue weighted by atomic mass is 10.1. The molecule has 1 unspecified atom stereocenters. The van der Waals surface area contributed by atoms with Crippen LogP contribution in [-0.4, -0.2) is 4.92 Å². The van der Waals surface area contributed by atoms with Gasteiger partial charge < -0.3 is 5.32 Å². The van der Waals surface area contributed by atoms with Gasteiger partial charge >= 0.3 is 0 Å². The third-order valence-electron chi connectivity index (χ3n) is 3.07. The average molecular weight is 285 g/mol. The highest BCUT2D eigenvalue weighted by atomic mass is 19.1. The Morgan fingerprint density at radius 2 is 1.95 bits per heavy atom. The van der Waals surface area contributed by atoms with Crippen LogP contribution in [-0.2, 0) is 0 Å². The molecule has 21 heavy (non-hydrogen) atoms. The number of anilines is 1. The van der Waals surface area contributed by atoms with Crippen molar-refractivity contribution in [2.75, 3.05) is 5.32 Å². The highest BCUT2D eigenvalue weighted by Crippen LogP contribution is 2.28. The number of nitrogens with zero attached hydrogens (tertiary/aromatic N) is 2. The summed E-state index contributed by atoms with van der Waals surface area (Å²) >= 11 is 0. The van der Waals surface area contributed by atoms with Crippen LogP contribution >= 0.6 is 0 Å². The summed E-state index contributed by atoms with van der Waals surface area (Å²) in [6.07, 6.45) is 0. The van der Waals surface area contributed by atoms with Gasteiger partial charge in [-0.3, -0.25) is 10.1 Å². The van der Waals surface area contributed by atoms with Gasteiger partial charge in [-0.05, 0) is 36.8 Å². The molecule has 0 bridgehead atoms. The van der Waals surface area contributed by atoms with Crippen molar-refractivity contribution >= 4 is 11.4 Å². The van der Waals surface area contributed by atoms with E-state index < -0.39 is 10.7 Å². The van der Waals surface area contributed by atoms with E-state index in [9.17, 15) is 14.5 Å². The number of rotatable bonds is 4. The number of halogens is 1. The number of benzene rings is 2. The second-order valence-corrected chi connectivity index (χ2v) is 4.52. The van der Waals surface area contributed by atoms with Gasteiger partial charge in [0.1, 0.15) is 11.5 Å². The minimum atomic E-state index is -0.654. The van der Waals surface area contributed by atoms with Crippen LogP contribution in [0, 0.1) is 27.3 Å². The lowest BCUT2D eigenvalue weighted by Crippen LogP contribution is -2.08. The van der Waals surface area contributed by atoms with Gasteiger partial charge in [-0.25, -0.2) is 4.39 Å². The Balaban J connectivity index is 2.24. The zero-order chi connectivity index (χ0) is 15.4. The van der Waals surface area contributed by atoms with Gasteiger partial charge in [0.2, 0.25) is 0 Å². The van der Waals surface area contributed by atoms with Crippen LogP contribution in [0.4, 0.5) is 15.8 Å². The predicted octanol–water partition coefficient (Wildman–Crippen LogP) is 3.78. The first kappa shape index (κ1) is 14.5. The average Bonchev–Trinajstić information content (AvgIpc) is 2.49. The summed E-state index contributed by atoms with van der Waals surface area (Å²) in [5, 5.41) is 22.7. The Kier molecular flexibility index (Phi) is 4.14. The minimum Gasteiger partial charge on any atom is -0.373 e. The largest absolute Gasteiger partial charge is 0.373 e. The summed E-state index contributed by atoms with van der Waals surface area (Å²) in [6, 6.07) is 12.1. The Labute approximate surface area is 120 Å². The smallest absolute Gasteiger partial charge is 0.295 e. The number of nitriles is 1. The van der Waals surface area contributed by atoms with E-state index in [0.29, 0.717) is 5.56 Å². The summed E-state index contributed by atoms with van der Waals surface area (Å²) < 4.78 is 13.1. The van der Waals surface area contributed by atoms with Crippen molar-refractivity contribution in [3.63, 3.8) is 0 Å². The molecule has 1 N–H and O–H groups in total. The molecule has 0 amide bonds. The molecule has 0 aliphatic carbocycles. The van der Waals surface area contributed by atoms with Gasteiger partial charge in [-0.2, -0.15) is 5.26 Å². The van der Waals surface area contributed by atoms with Crippen LogP contribution in [0.2, 0.25) is 0 Å². The fourth-order valence-corrected chi connectivity index (χ4v) is 1.94. The number of nitro benzene ring substituents is 1. The Bertz CT molecular complexity index is 708. The minimum absolute atomic E-state index is 0.220. The number of hydrogen-bond donors (Lipinski definition) is 1. The number of hydrogen-bond acceptors (Lipinski definition) is 4. The van der Waals surface area contributed by atoms with Crippen molar-refractivity contribution in [2.24, 2.45) is 0 Å². The van der Waals surface area contributed by atoms with Crippen LogP contribution in [0.3, 0.4) is 0 Å². The molecule has 0 radical (unpaired) electrons. The van der Waals surface area contributed by atoms with E-state index in [1.54, 1.807) is 24.3 Å². The second-order valence-electron chi connectivity index (χ2n) is 4.52.